The molecule has 0 unspecified atom stereocenters. The molecule has 0 radical (unpaired) electrons. The SMILES string of the molecule is CNCCCc1cn2c(-c3cnn(C)c3)cnc2c(Nc2cc(C)ns2)n1.CSc1nc(CCCNC(=O)OCc2ccccc2)cn2ccnc12. The molecule has 0 bridgehead atoms. The maximum absolute atomic E-state index is 11.7. The summed E-state index contributed by atoms with van der Waals surface area (Å²) in [6.45, 7) is 3.76. The van der Waals surface area contributed by atoms with E-state index in [1.807, 2.05) is 99.1 Å². The minimum atomic E-state index is -0.397. The second-order valence-electron chi connectivity index (χ2n) is 12.0. The Morgan fingerprint density at radius 3 is 2.52 bits per heavy atom. The fourth-order valence-corrected chi connectivity index (χ4v) is 6.65. The zero-order valence-corrected chi connectivity index (χ0v) is 31.2. The van der Waals surface area contributed by atoms with Gasteiger partial charge in [0.05, 0.1) is 35.2 Å². The van der Waals surface area contributed by atoms with Crippen molar-refractivity contribution in [2.24, 2.45) is 7.05 Å². The lowest BCUT2D eigenvalue weighted by Gasteiger charge is -2.09. The van der Waals surface area contributed by atoms with Crippen molar-refractivity contribution in [2.45, 2.75) is 44.2 Å². The maximum atomic E-state index is 11.7. The van der Waals surface area contributed by atoms with E-state index < -0.39 is 6.09 Å². The van der Waals surface area contributed by atoms with E-state index in [0.717, 1.165) is 93.3 Å². The zero-order valence-electron chi connectivity index (χ0n) is 29.6. The number of carbonyl (C=O) groups excluding carboxylic acids is 1. The Bertz CT molecular complexity index is 2210. The van der Waals surface area contributed by atoms with Crippen molar-refractivity contribution in [3.05, 3.63) is 102 Å². The Morgan fingerprint density at radius 1 is 0.981 bits per heavy atom. The molecule has 6 aromatic heterocycles. The van der Waals surface area contributed by atoms with Crippen LogP contribution in [0.4, 0.5) is 15.6 Å². The van der Waals surface area contributed by atoms with E-state index in [9.17, 15) is 4.79 Å². The molecule has 1 aromatic carbocycles. The molecular weight excluding hydrogens is 697 g/mol. The normalized spacial score (nSPS) is 11.1. The second-order valence-corrected chi connectivity index (χ2v) is 13.6. The number of aryl methyl sites for hydroxylation is 4. The number of amides is 1. The fourth-order valence-electron chi connectivity index (χ4n) is 5.44. The third kappa shape index (κ3) is 9.51. The lowest BCUT2D eigenvalue weighted by molar-refractivity contribution is 0.139. The standard InChI is InChI=1S/C18H22N8S.C18H20N4O2S/c1-12-7-16(27-24-12)23-17-18-20-9-15(13-8-21-25(3)10-13)26(18)11-14(22-17)5-4-6-19-2;1-25-17-16-19-10-11-22(16)12-15(21-17)8-5-9-20-18(23)24-13-14-6-3-2-4-7-14/h7-11,19H,4-6H2,1-3H3,(H,22,23);2-4,6-7,10-12H,5,8-9,13H2,1H3,(H,20,23). The van der Waals surface area contributed by atoms with Gasteiger partial charge in [-0.25, -0.2) is 24.7 Å². The van der Waals surface area contributed by atoms with Crippen LogP contribution in [0.2, 0.25) is 0 Å². The van der Waals surface area contributed by atoms with Crippen LogP contribution in [-0.4, -0.2) is 75.4 Å². The number of imidazole rings is 2. The largest absolute Gasteiger partial charge is 0.445 e. The highest BCUT2D eigenvalue weighted by Gasteiger charge is 2.15. The summed E-state index contributed by atoms with van der Waals surface area (Å²) < 4.78 is 15.4. The molecule has 0 saturated heterocycles. The fraction of sp³-hybridized carbons (Fsp3) is 0.306. The van der Waals surface area contributed by atoms with Crippen LogP contribution >= 0.6 is 23.3 Å². The van der Waals surface area contributed by atoms with E-state index in [2.05, 4.69) is 51.0 Å². The third-order valence-electron chi connectivity index (χ3n) is 7.95. The molecule has 14 nitrogen and oxygen atoms in total. The van der Waals surface area contributed by atoms with Crippen molar-refractivity contribution in [1.29, 1.82) is 0 Å². The van der Waals surface area contributed by atoms with Crippen LogP contribution in [0.25, 0.3) is 22.6 Å². The number of alkyl carbamates (subject to hydrolysis) is 1. The first-order valence-electron chi connectivity index (χ1n) is 16.9. The number of aromatic nitrogens is 9. The lowest BCUT2D eigenvalue weighted by Crippen LogP contribution is -2.25. The van der Waals surface area contributed by atoms with Crippen molar-refractivity contribution in [3.63, 3.8) is 0 Å². The zero-order chi connectivity index (χ0) is 36.3. The van der Waals surface area contributed by atoms with Crippen LogP contribution in [0.1, 0.15) is 35.5 Å². The minimum Gasteiger partial charge on any atom is -0.445 e. The number of rotatable bonds is 14. The quantitative estimate of drug-likeness (QED) is 0.0877. The number of ether oxygens (including phenoxy) is 1. The Morgan fingerprint density at radius 2 is 1.79 bits per heavy atom. The summed E-state index contributed by atoms with van der Waals surface area (Å²) in [7, 11) is 3.88. The van der Waals surface area contributed by atoms with Crippen molar-refractivity contribution < 1.29 is 9.53 Å². The van der Waals surface area contributed by atoms with Crippen LogP contribution in [0, 0.1) is 6.92 Å². The number of fused-ring (bicyclic) bond motifs is 2. The summed E-state index contributed by atoms with van der Waals surface area (Å²) in [6, 6.07) is 11.6. The molecule has 0 aliphatic heterocycles. The van der Waals surface area contributed by atoms with E-state index in [1.54, 1.807) is 22.6 Å². The van der Waals surface area contributed by atoms with Gasteiger partial charge in [-0.1, -0.05) is 30.3 Å². The number of benzene rings is 1. The molecule has 0 saturated carbocycles. The van der Waals surface area contributed by atoms with Crippen molar-refractivity contribution in [1.82, 2.24) is 53.5 Å². The number of anilines is 2. The van der Waals surface area contributed by atoms with Crippen LogP contribution in [0.15, 0.2) is 84.8 Å². The van der Waals surface area contributed by atoms with E-state index in [1.165, 1.54) is 11.5 Å². The average Bonchev–Trinajstić information content (AvgIpc) is 3.98. The van der Waals surface area contributed by atoms with Gasteiger partial charge in [-0.05, 0) is 75.6 Å². The van der Waals surface area contributed by atoms with Crippen LogP contribution in [0.3, 0.4) is 0 Å². The van der Waals surface area contributed by atoms with Gasteiger partial charge in [0.2, 0.25) is 0 Å². The molecule has 1 amide bonds. The first kappa shape index (κ1) is 36.5. The van der Waals surface area contributed by atoms with E-state index >= 15 is 0 Å². The molecule has 0 aliphatic carbocycles. The Hall–Kier alpha value is -5.32. The van der Waals surface area contributed by atoms with Gasteiger partial charge in [0.25, 0.3) is 0 Å². The molecule has 0 atom stereocenters. The molecule has 0 aliphatic rings. The van der Waals surface area contributed by atoms with Gasteiger partial charge in [-0.2, -0.15) is 9.47 Å². The lowest BCUT2D eigenvalue weighted by atomic mass is 10.2. The highest BCUT2D eigenvalue weighted by atomic mass is 32.2. The molecule has 7 aromatic rings. The molecule has 16 heteroatoms. The molecular formula is C36H42N12O2S2. The Kier molecular flexibility index (Phi) is 12.4. The molecule has 0 spiro atoms. The molecule has 270 valence electrons. The van der Waals surface area contributed by atoms with Gasteiger partial charge < -0.3 is 25.1 Å². The Labute approximate surface area is 310 Å². The van der Waals surface area contributed by atoms with E-state index in [-0.39, 0.29) is 6.61 Å². The highest BCUT2D eigenvalue weighted by Crippen LogP contribution is 2.28. The third-order valence-corrected chi connectivity index (χ3v) is 9.41. The van der Waals surface area contributed by atoms with Gasteiger partial charge >= 0.3 is 6.09 Å². The van der Waals surface area contributed by atoms with Crippen molar-refractivity contribution in [2.75, 3.05) is 31.7 Å². The summed E-state index contributed by atoms with van der Waals surface area (Å²) in [6.07, 6.45) is 18.5. The van der Waals surface area contributed by atoms with Gasteiger partial charge in [0.15, 0.2) is 17.1 Å². The molecule has 6 heterocycles. The van der Waals surface area contributed by atoms with Gasteiger partial charge in [0, 0.05) is 50.1 Å². The predicted molar refractivity (Wildman–Crippen MR) is 205 cm³/mol. The molecule has 7 rings (SSSR count). The van der Waals surface area contributed by atoms with Crippen LogP contribution in [-0.2, 0) is 31.2 Å². The molecule has 3 N–H and O–H groups in total. The van der Waals surface area contributed by atoms with Crippen molar-refractivity contribution in [3.8, 4) is 11.3 Å². The first-order chi connectivity index (χ1) is 25.4. The summed E-state index contributed by atoms with van der Waals surface area (Å²) in [5.74, 6) is 0.746. The minimum absolute atomic E-state index is 0.280. The first-order valence-corrected chi connectivity index (χ1v) is 18.9. The van der Waals surface area contributed by atoms with Gasteiger partial charge in [-0.15, -0.1) is 11.8 Å². The summed E-state index contributed by atoms with van der Waals surface area (Å²) in [5.41, 5.74) is 7.65. The number of nitrogens with zero attached hydrogens (tertiary/aromatic N) is 9. The molecule has 0 fully saturated rings. The number of carbonyl (C=O) groups is 1. The topological polar surface area (TPSA) is 153 Å². The Balaban J connectivity index is 0.000000179. The predicted octanol–water partition coefficient (Wildman–Crippen LogP) is 6.10. The second kappa shape index (κ2) is 17.7. The summed E-state index contributed by atoms with van der Waals surface area (Å²) in [4.78, 5) is 30.1. The van der Waals surface area contributed by atoms with Crippen LogP contribution in [0.5, 0.6) is 0 Å². The summed E-state index contributed by atoms with van der Waals surface area (Å²) in [5, 5.41) is 15.5. The average molecular weight is 739 g/mol. The number of thioether (sulfide) groups is 1. The van der Waals surface area contributed by atoms with Crippen molar-refractivity contribution >= 4 is 51.5 Å². The molecule has 52 heavy (non-hydrogen) atoms. The monoisotopic (exact) mass is 738 g/mol. The highest BCUT2D eigenvalue weighted by molar-refractivity contribution is 7.98. The maximum Gasteiger partial charge on any atom is 0.407 e. The van der Waals surface area contributed by atoms with E-state index in [4.69, 9.17) is 9.72 Å². The van der Waals surface area contributed by atoms with Gasteiger partial charge in [-0.3, -0.25) is 9.08 Å². The van der Waals surface area contributed by atoms with E-state index in [0.29, 0.717) is 6.54 Å². The number of hydrogen-bond acceptors (Lipinski definition) is 12. The number of nitrogens with one attached hydrogen (secondary N) is 3. The smallest absolute Gasteiger partial charge is 0.407 e. The van der Waals surface area contributed by atoms with Crippen LogP contribution < -0.4 is 16.0 Å². The number of hydrogen-bond donors (Lipinski definition) is 3. The van der Waals surface area contributed by atoms with Gasteiger partial charge in [0.1, 0.15) is 16.6 Å². The summed E-state index contributed by atoms with van der Waals surface area (Å²) >= 11 is 3.01.